The Bertz CT molecular complexity index is 392. The number of thiazole rings is 1. The SMILES string of the molecule is CCC(CSC)N(C)c1nc2c(s1)CCCC2N. The molecule has 0 radical (unpaired) electrons. The van der Waals surface area contributed by atoms with Crippen molar-refractivity contribution in [3.05, 3.63) is 10.6 Å². The van der Waals surface area contributed by atoms with Crippen molar-refractivity contribution in [2.75, 3.05) is 24.0 Å². The Labute approximate surface area is 118 Å². The van der Waals surface area contributed by atoms with Gasteiger partial charge in [0.25, 0.3) is 0 Å². The Hall–Kier alpha value is -0.260. The number of aryl methyl sites for hydroxylation is 1. The van der Waals surface area contributed by atoms with E-state index in [1.165, 1.54) is 11.3 Å². The predicted molar refractivity (Wildman–Crippen MR) is 82.8 cm³/mol. The summed E-state index contributed by atoms with van der Waals surface area (Å²) in [5.74, 6) is 1.16. The van der Waals surface area contributed by atoms with E-state index in [0.29, 0.717) is 6.04 Å². The largest absolute Gasteiger partial charge is 0.347 e. The monoisotopic (exact) mass is 285 g/mol. The molecule has 0 amide bonds. The summed E-state index contributed by atoms with van der Waals surface area (Å²) in [7, 11) is 2.17. The van der Waals surface area contributed by atoms with Gasteiger partial charge in [-0.2, -0.15) is 11.8 Å². The van der Waals surface area contributed by atoms with Gasteiger partial charge in [0.2, 0.25) is 0 Å². The van der Waals surface area contributed by atoms with Gasteiger partial charge in [0.05, 0.1) is 5.69 Å². The van der Waals surface area contributed by atoms with Crippen LogP contribution >= 0.6 is 23.1 Å². The molecular weight excluding hydrogens is 262 g/mol. The third-order valence-corrected chi connectivity index (χ3v) is 5.61. The van der Waals surface area contributed by atoms with Crippen LogP contribution in [0.4, 0.5) is 5.13 Å². The summed E-state index contributed by atoms with van der Waals surface area (Å²) in [6, 6.07) is 0.733. The van der Waals surface area contributed by atoms with Gasteiger partial charge in [-0.05, 0) is 31.9 Å². The number of nitrogens with two attached hydrogens (primary N) is 1. The Kier molecular flexibility index (Phi) is 4.92. The van der Waals surface area contributed by atoms with Crippen molar-refractivity contribution in [2.24, 2.45) is 5.73 Å². The molecule has 0 spiro atoms. The maximum absolute atomic E-state index is 6.15. The second kappa shape index (κ2) is 6.26. The highest BCUT2D eigenvalue weighted by Gasteiger charge is 2.24. The standard InChI is InChI=1S/C13H23N3S2/c1-4-9(8-17-3)16(2)13-15-12-10(14)6-5-7-11(12)18-13/h9-10H,4-8,14H2,1-3H3. The van der Waals surface area contributed by atoms with E-state index in [4.69, 9.17) is 10.7 Å². The molecule has 0 saturated heterocycles. The van der Waals surface area contributed by atoms with Gasteiger partial charge in [-0.3, -0.25) is 0 Å². The zero-order valence-electron chi connectivity index (χ0n) is 11.5. The molecule has 1 aliphatic rings. The highest BCUT2D eigenvalue weighted by atomic mass is 32.2. The number of rotatable bonds is 5. The number of fused-ring (bicyclic) bond motifs is 1. The van der Waals surface area contributed by atoms with Crippen molar-refractivity contribution < 1.29 is 0 Å². The number of nitrogens with zero attached hydrogens (tertiary/aromatic N) is 2. The highest BCUT2D eigenvalue weighted by Crippen LogP contribution is 2.36. The summed E-state index contributed by atoms with van der Waals surface area (Å²) in [4.78, 5) is 8.54. The molecule has 3 nitrogen and oxygen atoms in total. The van der Waals surface area contributed by atoms with E-state index in [9.17, 15) is 0 Å². The Balaban J connectivity index is 2.18. The lowest BCUT2D eigenvalue weighted by molar-refractivity contribution is 0.562. The molecule has 2 rings (SSSR count). The minimum Gasteiger partial charge on any atom is -0.347 e. The molecule has 1 aromatic heterocycles. The Morgan fingerprint density at radius 2 is 2.39 bits per heavy atom. The summed E-state index contributed by atoms with van der Waals surface area (Å²) in [6.07, 6.45) is 6.78. The summed E-state index contributed by atoms with van der Waals surface area (Å²) in [5, 5.41) is 1.15. The third-order valence-electron chi connectivity index (χ3n) is 3.67. The Morgan fingerprint density at radius 1 is 1.61 bits per heavy atom. The molecule has 5 heteroatoms. The number of anilines is 1. The second-order valence-electron chi connectivity index (χ2n) is 4.93. The van der Waals surface area contributed by atoms with Gasteiger partial charge in [0, 0.05) is 29.8 Å². The lowest BCUT2D eigenvalue weighted by Crippen LogP contribution is -2.33. The first kappa shape index (κ1) is 14.2. The smallest absolute Gasteiger partial charge is 0.185 e. The van der Waals surface area contributed by atoms with Crippen molar-refractivity contribution in [1.29, 1.82) is 0 Å². The number of aromatic nitrogens is 1. The van der Waals surface area contributed by atoms with E-state index >= 15 is 0 Å². The molecule has 2 N–H and O–H groups in total. The van der Waals surface area contributed by atoms with E-state index in [0.717, 1.165) is 35.8 Å². The molecule has 2 unspecified atom stereocenters. The summed E-state index contributed by atoms with van der Waals surface area (Å²) in [5.41, 5.74) is 7.31. The minimum absolute atomic E-state index is 0.160. The first-order valence-corrected chi connectivity index (χ1v) is 8.85. The van der Waals surface area contributed by atoms with Gasteiger partial charge in [-0.15, -0.1) is 11.3 Å². The topological polar surface area (TPSA) is 42.2 Å². The zero-order valence-corrected chi connectivity index (χ0v) is 13.1. The molecule has 0 bridgehead atoms. The fourth-order valence-corrected chi connectivity index (χ4v) is 4.49. The van der Waals surface area contributed by atoms with Gasteiger partial charge in [-0.25, -0.2) is 4.98 Å². The molecule has 0 fully saturated rings. The molecule has 0 aromatic carbocycles. The van der Waals surface area contributed by atoms with Gasteiger partial charge in [0.15, 0.2) is 5.13 Å². The first-order chi connectivity index (χ1) is 8.67. The molecule has 1 heterocycles. The van der Waals surface area contributed by atoms with Crippen LogP contribution in [0.3, 0.4) is 0 Å². The molecule has 2 atom stereocenters. The van der Waals surface area contributed by atoms with Crippen LogP contribution in [0.1, 0.15) is 42.8 Å². The maximum atomic E-state index is 6.15. The minimum atomic E-state index is 0.160. The van der Waals surface area contributed by atoms with E-state index in [1.54, 1.807) is 0 Å². The van der Waals surface area contributed by atoms with Crippen molar-refractivity contribution in [2.45, 2.75) is 44.7 Å². The highest BCUT2D eigenvalue weighted by molar-refractivity contribution is 7.98. The van der Waals surface area contributed by atoms with Crippen LogP contribution < -0.4 is 10.6 Å². The normalized spacial score (nSPS) is 20.6. The molecule has 0 saturated carbocycles. The molecule has 18 heavy (non-hydrogen) atoms. The number of thioether (sulfide) groups is 1. The average molecular weight is 285 g/mol. The Morgan fingerprint density at radius 3 is 3.00 bits per heavy atom. The van der Waals surface area contributed by atoms with Crippen LogP contribution in [0.15, 0.2) is 0 Å². The predicted octanol–water partition coefficient (Wildman–Crippen LogP) is 3.06. The van der Waals surface area contributed by atoms with Crippen molar-refractivity contribution in [1.82, 2.24) is 4.98 Å². The van der Waals surface area contributed by atoms with Gasteiger partial charge < -0.3 is 10.6 Å². The molecule has 1 aliphatic carbocycles. The first-order valence-electron chi connectivity index (χ1n) is 6.64. The van der Waals surface area contributed by atoms with Crippen LogP contribution in [0, 0.1) is 0 Å². The summed E-state index contributed by atoms with van der Waals surface area (Å²) >= 11 is 3.75. The van der Waals surface area contributed by atoms with E-state index in [1.807, 2.05) is 23.1 Å². The van der Waals surface area contributed by atoms with Crippen molar-refractivity contribution in [3.63, 3.8) is 0 Å². The fourth-order valence-electron chi connectivity index (χ4n) is 2.44. The maximum Gasteiger partial charge on any atom is 0.185 e. The average Bonchev–Trinajstić information content (AvgIpc) is 2.80. The van der Waals surface area contributed by atoms with E-state index < -0.39 is 0 Å². The number of hydrogen-bond donors (Lipinski definition) is 1. The van der Waals surface area contributed by atoms with E-state index in [2.05, 4.69) is 25.1 Å². The van der Waals surface area contributed by atoms with Crippen LogP contribution in [0.2, 0.25) is 0 Å². The summed E-state index contributed by atoms with van der Waals surface area (Å²) in [6.45, 7) is 2.25. The van der Waals surface area contributed by atoms with Gasteiger partial charge >= 0.3 is 0 Å². The molecule has 102 valence electrons. The zero-order chi connectivity index (χ0) is 13.1. The second-order valence-corrected chi connectivity index (χ2v) is 6.90. The van der Waals surface area contributed by atoms with Crippen LogP contribution in [0.5, 0.6) is 0 Å². The van der Waals surface area contributed by atoms with E-state index in [-0.39, 0.29) is 6.04 Å². The quantitative estimate of drug-likeness (QED) is 0.903. The molecular formula is C13H23N3S2. The van der Waals surface area contributed by atoms with Crippen LogP contribution in [0.25, 0.3) is 0 Å². The molecule has 0 aliphatic heterocycles. The van der Waals surface area contributed by atoms with Gasteiger partial charge in [0.1, 0.15) is 0 Å². The number of hydrogen-bond acceptors (Lipinski definition) is 5. The fraction of sp³-hybridized carbons (Fsp3) is 0.769. The van der Waals surface area contributed by atoms with Crippen LogP contribution in [-0.2, 0) is 6.42 Å². The van der Waals surface area contributed by atoms with Gasteiger partial charge in [-0.1, -0.05) is 6.92 Å². The lowest BCUT2D eigenvalue weighted by atomic mass is 9.99. The summed E-state index contributed by atoms with van der Waals surface area (Å²) < 4.78 is 0. The lowest BCUT2D eigenvalue weighted by Gasteiger charge is -2.26. The third kappa shape index (κ3) is 2.83. The molecule has 1 aromatic rings. The van der Waals surface area contributed by atoms with Crippen LogP contribution in [-0.4, -0.2) is 30.1 Å². The van der Waals surface area contributed by atoms with Crippen molar-refractivity contribution in [3.8, 4) is 0 Å². The van der Waals surface area contributed by atoms with Crippen molar-refractivity contribution >= 4 is 28.2 Å².